The first kappa shape index (κ1) is 22.7. The third-order valence-electron chi connectivity index (χ3n) is 6.85. The van der Waals surface area contributed by atoms with Crippen molar-refractivity contribution in [2.45, 2.75) is 31.6 Å². The van der Waals surface area contributed by atoms with Gasteiger partial charge in [0, 0.05) is 42.7 Å². The first-order valence-corrected chi connectivity index (χ1v) is 11.9. The molecule has 0 aliphatic heterocycles. The molecule has 0 spiro atoms. The number of pyridine rings is 1. The Morgan fingerprint density at radius 3 is 2.51 bits per heavy atom. The molecule has 6 nitrogen and oxygen atoms in total. The van der Waals surface area contributed by atoms with Crippen LogP contribution in [0.1, 0.15) is 47.7 Å². The molecular weight excluding hydrogens is 438 g/mol. The second-order valence-electron chi connectivity index (χ2n) is 9.04. The summed E-state index contributed by atoms with van der Waals surface area (Å²) in [7, 11) is 0. The number of aromatic amines is 1. The van der Waals surface area contributed by atoms with Gasteiger partial charge in [0.05, 0.1) is 23.4 Å². The molecule has 4 aromatic rings. The number of hydrogen-bond acceptors (Lipinski definition) is 4. The second kappa shape index (κ2) is 9.66. The molecule has 0 bridgehead atoms. The van der Waals surface area contributed by atoms with Gasteiger partial charge in [-0.05, 0) is 35.7 Å². The summed E-state index contributed by atoms with van der Waals surface area (Å²) < 4.78 is 0. The lowest BCUT2D eigenvalue weighted by Crippen LogP contribution is -2.28. The van der Waals surface area contributed by atoms with Crippen LogP contribution in [0.5, 0.6) is 0 Å². The van der Waals surface area contributed by atoms with Crippen LogP contribution in [-0.2, 0) is 20.8 Å². The molecule has 3 atom stereocenters. The van der Waals surface area contributed by atoms with Crippen molar-refractivity contribution in [1.82, 2.24) is 15.3 Å². The molecule has 2 aromatic heterocycles. The SMILES string of the molecule is CC(=O)NCCc1c(C(c2ccccn2)C2C(=O)CC(c3ccccc3)C2=O)[nH]c2ccccc12. The maximum Gasteiger partial charge on any atom is 0.216 e. The molecular formula is C29H27N3O3. The van der Waals surface area contributed by atoms with Crippen LogP contribution in [0.15, 0.2) is 79.0 Å². The summed E-state index contributed by atoms with van der Waals surface area (Å²) in [6, 6.07) is 23.0. The van der Waals surface area contributed by atoms with Crippen molar-refractivity contribution < 1.29 is 14.4 Å². The van der Waals surface area contributed by atoms with Crippen LogP contribution in [0.3, 0.4) is 0 Å². The van der Waals surface area contributed by atoms with Crippen molar-refractivity contribution in [2.75, 3.05) is 6.54 Å². The Bertz CT molecular complexity index is 1380. The van der Waals surface area contributed by atoms with Crippen LogP contribution < -0.4 is 5.32 Å². The number of H-pyrrole nitrogens is 1. The van der Waals surface area contributed by atoms with Crippen LogP contribution in [-0.4, -0.2) is 34.0 Å². The van der Waals surface area contributed by atoms with Crippen LogP contribution in [0.4, 0.5) is 0 Å². The highest BCUT2D eigenvalue weighted by Crippen LogP contribution is 2.44. The summed E-state index contributed by atoms with van der Waals surface area (Å²) in [5.74, 6) is -2.05. The number of rotatable bonds is 7. The van der Waals surface area contributed by atoms with Crippen molar-refractivity contribution in [3.05, 3.63) is 102 Å². The van der Waals surface area contributed by atoms with Crippen LogP contribution in [0.2, 0.25) is 0 Å². The van der Waals surface area contributed by atoms with Gasteiger partial charge < -0.3 is 10.3 Å². The van der Waals surface area contributed by atoms with Gasteiger partial charge in [-0.3, -0.25) is 19.4 Å². The fourth-order valence-electron chi connectivity index (χ4n) is 5.29. The van der Waals surface area contributed by atoms with Gasteiger partial charge in [-0.2, -0.15) is 0 Å². The molecule has 3 unspecified atom stereocenters. The third-order valence-corrected chi connectivity index (χ3v) is 6.85. The van der Waals surface area contributed by atoms with Crippen LogP contribution in [0, 0.1) is 5.92 Å². The van der Waals surface area contributed by atoms with E-state index < -0.39 is 17.8 Å². The summed E-state index contributed by atoms with van der Waals surface area (Å²) in [5, 5.41) is 3.89. The van der Waals surface area contributed by atoms with E-state index in [1.165, 1.54) is 6.92 Å². The molecule has 2 heterocycles. The molecule has 1 fully saturated rings. The highest BCUT2D eigenvalue weighted by atomic mass is 16.2. The lowest BCUT2D eigenvalue weighted by molar-refractivity contribution is -0.128. The molecule has 176 valence electrons. The largest absolute Gasteiger partial charge is 0.358 e. The molecule has 2 aromatic carbocycles. The summed E-state index contributed by atoms with van der Waals surface area (Å²) in [4.78, 5) is 46.9. The Labute approximate surface area is 203 Å². The lowest BCUT2D eigenvalue weighted by Gasteiger charge is -2.23. The van der Waals surface area contributed by atoms with Gasteiger partial charge in [0.25, 0.3) is 0 Å². The average Bonchev–Trinajstić information content (AvgIpc) is 3.38. The fourth-order valence-corrected chi connectivity index (χ4v) is 5.29. The van der Waals surface area contributed by atoms with E-state index in [2.05, 4.69) is 15.3 Å². The molecule has 0 saturated heterocycles. The molecule has 1 aliphatic carbocycles. The number of carbonyl (C=O) groups excluding carboxylic acids is 3. The molecule has 0 radical (unpaired) electrons. The number of nitrogens with zero attached hydrogens (tertiary/aromatic N) is 1. The fraction of sp³-hybridized carbons (Fsp3) is 0.241. The van der Waals surface area contributed by atoms with Gasteiger partial charge in [-0.25, -0.2) is 0 Å². The maximum absolute atomic E-state index is 13.8. The van der Waals surface area contributed by atoms with Crippen LogP contribution in [0.25, 0.3) is 10.9 Å². The van der Waals surface area contributed by atoms with Crippen molar-refractivity contribution in [3.8, 4) is 0 Å². The molecule has 1 saturated carbocycles. The Hall–Kier alpha value is -4.06. The smallest absolute Gasteiger partial charge is 0.216 e. The maximum atomic E-state index is 13.8. The number of fused-ring (bicyclic) bond motifs is 1. The first-order chi connectivity index (χ1) is 17.0. The lowest BCUT2D eigenvalue weighted by atomic mass is 9.80. The van der Waals surface area contributed by atoms with Crippen molar-refractivity contribution in [3.63, 3.8) is 0 Å². The number of carbonyl (C=O) groups is 3. The van der Waals surface area contributed by atoms with Crippen molar-refractivity contribution >= 4 is 28.4 Å². The summed E-state index contributed by atoms with van der Waals surface area (Å²) in [6.07, 6.45) is 2.46. The van der Waals surface area contributed by atoms with E-state index in [1.54, 1.807) is 6.20 Å². The van der Waals surface area contributed by atoms with E-state index in [0.29, 0.717) is 18.7 Å². The molecule has 35 heavy (non-hydrogen) atoms. The number of benzene rings is 2. The average molecular weight is 466 g/mol. The van der Waals surface area contributed by atoms with Crippen LogP contribution >= 0.6 is 0 Å². The Balaban J connectivity index is 1.63. The molecule has 5 rings (SSSR count). The van der Waals surface area contributed by atoms with E-state index in [9.17, 15) is 14.4 Å². The van der Waals surface area contributed by atoms with E-state index in [4.69, 9.17) is 0 Å². The predicted molar refractivity (Wildman–Crippen MR) is 134 cm³/mol. The van der Waals surface area contributed by atoms with Gasteiger partial charge in [0.2, 0.25) is 5.91 Å². The highest BCUT2D eigenvalue weighted by molar-refractivity contribution is 6.13. The first-order valence-electron chi connectivity index (χ1n) is 11.9. The summed E-state index contributed by atoms with van der Waals surface area (Å²) in [6.45, 7) is 1.95. The highest BCUT2D eigenvalue weighted by Gasteiger charge is 2.48. The van der Waals surface area contributed by atoms with Gasteiger partial charge in [0.1, 0.15) is 5.78 Å². The molecule has 2 N–H and O–H groups in total. The van der Waals surface area contributed by atoms with Crippen molar-refractivity contribution in [1.29, 1.82) is 0 Å². The number of para-hydroxylation sites is 1. The van der Waals surface area contributed by atoms with E-state index in [1.807, 2.05) is 72.8 Å². The summed E-state index contributed by atoms with van der Waals surface area (Å²) >= 11 is 0. The predicted octanol–water partition coefficient (Wildman–Crippen LogP) is 4.32. The zero-order valence-electron chi connectivity index (χ0n) is 19.5. The van der Waals surface area contributed by atoms with Gasteiger partial charge in [-0.15, -0.1) is 0 Å². The standard InChI is InChI=1S/C29H27N3O3/c1-18(33)30-16-14-21-20-11-5-6-12-23(20)32-28(21)26(24-13-7-8-15-31-24)27-25(34)17-22(29(27)35)19-9-3-2-4-10-19/h2-13,15,22,26-27,32H,14,16-17H2,1H3,(H,30,33). The number of Topliss-reactive ketones (excluding diaryl/α,β-unsaturated/α-hetero) is 2. The number of aromatic nitrogens is 2. The normalized spacial score (nSPS) is 18.7. The quantitative estimate of drug-likeness (QED) is 0.398. The molecule has 1 aliphatic rings. The van der Waals surface area contributed by atoms with E-state index >= 15 is 0 Å². The molecule has 6 heteroatoms. The topological polar surface area (TPSA) is 91.9 Å². The van der Waals surface area contributed by atoms with Gasteiger partial charge in [0.15, 0.2) is 5.78 Å². The number of ketones is 2. The Kier molecular flexibility index (Phi) is 6.27. The summed E-state index contributed by atoms with van der Waals surface area (Å²) in [5.41, 5.74) is 4.29. The van der Waals surface area contributed by atoms with Gasteiger partial charge in [-0.1, -0.05) is 54.6 Å². The second-order valence-corrected chi connectivity index (χ2v) is 9.04. The Morgan fingerprint density at radius 2 is 1.77 bits per heavy atom. The minimum absolute atomic E-state index is 0.0639. The monoisotopic (exact) mass is 465 g/mol. The number of hydrogen-bond donors (Lipinski definition) is 2. The van der Waals surface area contributed by atoms with E-state index in [0.717, 1.165) is 27.7 Å². The minimum Gasteiger partial charge on any atom is -0.358 e. The molecule has 1 amide bonds. The number of amides is 1. The zero-order valence-corrected chi connectivity index (χ0v) is 19.5. The van der Waals surface area contributed by atoms with E-state index in [-0.39, 0.29) is 23.9 Å². The number of nitrogens with one attached hydrogen (secondary N) is 2. The zero-order chi connectivity index (χ0) is 24.4. The van der Waals surface area contributed by atoms with Gasteiger partial charge >= 0.3 is 0 Å². The van der Waals surface area contributed by atoms with Crippen molar-refractivity contribution in [2.24, 2.45) is 5.92 Å². The third kappa shape index (κ3) is 4.39. The Morgan fingerprint density at radius 1 is 1.03 bits per heavy atom. The minimum atomic E-state index is -0.831.